The second kappa shape index (κ2) is 8.08. The van der Waals surface area contributed by atoms with Gasteiger partial charge in [0.1, 0.15) is 0 Å². The standard InChI is InChI=1S/C18H21N3O2/c1-14-5-7-17(8-6-14)21(15(2)22)11-9-18(23)20-13-16-4-3-10-19-12-16/h3-8,10,12H,9,11,13H2,1-2H3,(H,20,23). The molecule has 1 heterocycles. The molecule has 2 rings (SSSR count). The van der Waals surface area contributed by atoms with E-state index in [1.165, 1.54) is 6.92 Å². The fourth-order valence-electron chi connectivity index (χ4n) is 2.20. The summed E-state index contributed by atoms with van der Waals surface area (Å²) < 4.78 is 0. The lowest BCUT2D eigenvalue weighted by molar-refractivity contribution is -0.121. The monoisotopic (exact) mass is 311 g/mol. The number of anilines is 1. The van der Waals surface area contributed by atoms with Gasteiger partial charge in [0.2, 0.25) is 11.8 Å². The number of hydrogen-bond donors (Lipinski definition) is 1. The normalized spacial score (nSPS) is 10.2. The van der Waals surface area contributed by atoms with E-state index in [0.29, 0.717) is 13.1 Å². The molecule has 0 atom stereocenters. The SMILES string of the molecule is CC(=O)N(CCC(=O)NCc1cccnc1)c1ccc(C)cc1. The zero-order chi connectivity index (χ0) is 16.7. The zero-order valence-corrected chi connectivity index (χ0v) is 13.5. The van der Waals surface area contributed by atoms with Crippen LogP contribution in [0.4, 0.5) is 5.69 Å². The van der Waals surface area contributed by atoms with Gasteiger partial charge in [-0.15, -0.1) is 0 Å². The largest absolute Gasteiger partial charge is 0.352 e. The summed E-state index contributed by atoms with van der Waals surface area (Å²) in [6, 6.07) is 11.4. The van der Waals surface area contributed by atoms with E-state index in [2.05, 4.69) is 10.3 Å². The molecule has 1 aromatic heterocycles. The third kappa shape index (κ3) is 5.21. The molecule has 0 saturated carbocycles. The van der Waals surface area contributed by atoms with Crippen molar-refractivity contribution in [3.05, 3.63) is 59.9 Å². The van der Waals surface area contributed by atoms with Crippen LogP contribution in [-0.4, -0.2) is 23.3 Å². The minimum absolute atomic E-state index is 0.0751. The van der Waals surface area contributed by atoms with Crippen LogP contribution in [0.25, 0.3) is 0 Å². The van der Waals surface area contributed by atoms with Crippen LogP contribution in [0.15, 0.2) is 48.8 Å². The van der Waals surface area contributed by atoms with Crippen LogP contribution in [-0.2, 0) is 16.1 Å². The van der Waals surface area contributed by atoms with Crippen LogP contribution in [0, 0.1) is 6.92 Å². The molecule has 0 aliphatic heterocycles. The molecule has 1 N–H and O–H groups in total. The molecule has 0 aliphatic rings. The van der Waals surface area contributed by atoms with Gasteiger partial charge < -0.3 is 10.2 Å². The number of pyridine rings is 1. The van der Waals surface area contributed by atoms with Crippen LogP contribution < -0.4 is 10.2 Å². The summed E-state index contributed by atoms with van der Waals surface area (Å²) >= 11 is 0. The molecule has 0 fully saturated rings. The zero-order valence-electron chi connectivity index (χ0n) is 13.5. The highest BCUT2D eigenvalue weighted by molar-refractivity contribution is 5.92. The second-order valence-corrected chi connectivity index (χ2v) is 5.39. The minimum atomic E-state index is -0.0905. The maximum atomic E-state index is 12.0. The van der Waals surface area contributed by atoms with E-state index in [9.17, 15) is 9.59 Å². The first-order valence-corrected chi connectivity index (χ1v) is 7.56. The van der Waals surface area contributed by atoms with E-state index >= 15 is 0 Å². The molecule has 0 unspecified atom stereocenters. The average molecular weight is 311 g/mol. The Balaban J connectivity index is 1.87. The van der Waals surface area contributed by atoms with Crippen molar-refractivity contribution >= 4 is 17.5 Å². The summed E-state index contributed by atoms with van der Waals surface area (Å²) in [5.74, 6) is -0.166. The van der Waals surface area contributed by atoms with Crippen LogP contribution in [0.1, 0.15) is 24.5 Å². The average Bonchev–Trinajstić information content (AvgIpc) is 2.55. The number of aryl methyl sites for hydroxylation is 1. The van der Waals surface area contributed by atoms with Crippen molar-refractivity contribution in [2.45, 2.75) is 26.8 Å². The van der Waals surface area contributed by atoms with Crippen molar-refractivity contribution in [3.8, 4) is 0 Å². The van der Waals surface area contributed by atoms with Crippen LogP contribution in [0.5, 0.6) is 0 Å². The molecule has 5 heteroatoms. The molecular weight excluding hydrogens is 290 g/mol. The Labute approximate surface area is 136 Å². The molecule has 0 spiro atoms. The number of aromatic nitrogens is 1. The van der Waals surface area contributed by atoms with Gasteiger partial charge in [-0.3, -0.25) is 14.6 Å². The summed E-state index contributed by atoms with van der Waals surface area (Å²) in [4.78, 5) is 29.4. The van der Waals surface area contributed by atoms with E-state index in [4.69, 9.17) is 0 Å². The molecule has 2 amide bonds. The van der Waals surface area contributed by atoms with Crippen LogP contribution in [0.3, 0.4) is 0 Å². The van der Waals surface area contributed by atoms with Crippen molar-refractivity contribution in [1.29, 1.82) is 0 Å². The van der Waals surface area contributed by atoms with E-state index in [0.717, 1.165) is 16.8 Å². The topological polar surface area (TPSA) is 62.3 Å². The summed E-state index contributed by atoms with van der Waals surface area (Å²) in [7, 11) is 0. The summed E-state index contributed by atoms with van der Waals surface area (Å²) in [5.41, 5.74) is 2.89. The molecule has 120 valence electrons. The van der Waals surface area contributed by atoms with Gasteiger partial charge in [0.25, 0.3) is 0 Å². The highest BCUT2D eigenvalue weighted by Crippen LogP contribution is 2.15. The molecule has 2 aromatic rings. The first-order valence-electron chi connectivity index (χ1n) is 7.56. The van der Waals surface area contributed by atoms with Gasteiger partial charge >= 0.3 is 0 Å². The number of nitrogens with one attached hydrogen (secondary N) is 1. The first kappa shape index (κ1) is 16.7. The van der Waals surface area contributed by atoms with Gasteiger partial charge in [0.15, 0.2) is 0 Å². The van der Waals surface area contributed by atoms with Gasteiger partial charge in [-0.25, -0.2) is 0 Å². The van der Waals surface area contributed by atoms with Crippen LogP contribution in [0.2, 0.25) is 0 Å². The number of hydrogen-bond acceptors (Lipinski definition) is 3. The quantitative estimate of drug-likeness (QED) is 0.891. The van der Waals surface area contributed by atoms with Crippen molar-refractivity contribution in [3.63, 3.8) is 0 Å². The Kier molecular flexibility index (Phi) is 5.86. The first-order chi connectivity index (χ1) is 11.1. The predicted octanol–water partition coefficient (Wildman–Crippen LogP) is 2.45. The minimum Gasteiger partial charge on any atom is -0.352 e. The van der Waals surface area contributed by atoms with E-state index in [1.54, 1.807) is 17.3 Å². The Morgan fingerprint density at radius 2 is 1.91 bits per heavy atom. The predicted molar refractivity (Wildman–Crippen MR) is 89.9 cm³/mol. The van der Waals surface area contributed by atoms with Gasteiger partial charge in [-0.05, 0) is 30.7 Å². The Bertz CT molecular complexity index is 654. The highest BCUT2D eigenvalue weighted by Gasteiger charge is 2.13. The summed E-state index contributed by atoms with van der Waals surface area (Å²) in [5, 5.41) is 2.84. The molecule has 5 nitrogen and oxygen atoms in total. The lowest BCUT2D eigenvalue weighted by Crippen LogP contribution is -2.33. The van der Waals surface area contributed by atoms with Gasteiger partial charge in [0, 0.05) is 44.5 Å². The third-order valence-corrected chi connectivity index (χ3v) is 3.50. The van der Waals surface area contributed by atoms with Gasteiger partial charge in [-0.1, -0.05) is 23.8 Å². The molecule has 1 aromatic carbocycles. The second-order valence-electron chi connectivity index (χ2n) is 5.39. The lowest BCUT2D eigenvalue weighted by Gasteiger charge is -2.21. The van der Waals surface area contributed by atoms with Gasteiger partial charge in [-0.2, -0.15) is 0 Å². The third-order valence-electron chi connectivity index (χ3n) is 3.50. The molecule has 0 aliphatic carbocycles. The van der Waals surface area contributed by atoms with E-state index in [-0.39, 0.29) is 18.2 Å². The number of benzene rings is 1. The molecule has 0 radical (unpaired) electrons. The number of nitrogens with zero attached hydrogens (tertiary/aromatic N) is 2. The molecule has 0 bridgehead atoms. The molecular formula is C18H21N3O2. The Morgan fingerprint density at radius 1 is 1.17 bits per heavy atom. The summed E-state index contributed by atoms with van der Waals surface area (Å²) in [6.45, 7) is 4.30. The summed E-state index contributed by atoms with van der Waals surface area (Å²) in [6.07, 6.45) is 3.67. The smallest absolute Gasteiger partial charge is 0.223 e. The van der Waals surface area contributed by atoms with E-state index < -0.39 is 0 Å². The van der Waals surface area contributed by atoms with Crippen molar-refractivity contribution < 1.29 is 9.59 Å². The number of carbonyl (C=O) groups excluding carboxylic acids is 2. The van der Waals surface area contributed by atoms with Crippen molar-refractivity contribution in [2.75, 3.05) is 11.4 Å². The number of rotatable bonds is 6. The van der Waals surface area contributed by atoms with E-state index in [1.807, 2.05) is 43.3 Å². The number of amides is 2. The highest BCUT2D eigenvalue weighted by atomic mass is 16.2. The fraction of sp³-hybridized carbons (Fsp3) is 0.278. The van der Waals surface area contributed by atoms with Gasteiger partial charge in [0.05, 0.1) is 0 Å². The lowest BCUT2D eigenvalue weighted by atomic mass is 10.2. The van der Waals surface area contributed by atoms with Crippen LogP contribution >= 0.6 is 0 Å². The molecule has 0 saturated heterocycles. The molecule has 23 heavy (non-hydrogen) atoms. The Hall–Kier alpha value is -2.69. The van der Waals surface area contributed by atoms with Crippen molar-refractivity contribution in [2.24, 2.45) is 0 Å². The number of carbonyl (C=O) groups is 2. The fourth-order valence-corrected chi connectivity index (χ4v) is 2.20. The van der Waals surface area contributed by atoms with Crippen molar-refractivity contribution in [1.82, 2.24) is 10.3 Å². The maximum Gasteiger partial charge on any atom is 0.223 e. The maximum absolute atomic E-state index is 12.0. The Morgan fingerprint density at radius 3 is 2.52 bits per heavy atom.